The van der Waals surface area contributed by atoms with Crippen molar-refractivity contribution in [1.82, 2.24) is 10.6 Å². The summed E-state index contributed by atoms with van der Waals surface area (Å²) in [7, 11) is 1.68. The van der Waals surface area contributed by atoms with Crippen molar-refractivity contribution in [2.45, 2.75) is 19.9 Å². The standard InChI is InChI=1S/C18H21F2N3/c1-13-3-4-15(11-17(13)20)12-23-18(21-2)22-10-9-14-5-7-16(19)8-6-14/h3-8,11H,9-10,12H2,1-2H3,(H2,21,22,23). The molecule has 0 aliphatic rings. The quantitative estimate of drug-likeness (QED) is 0.656. The molecule has 0 saturated carbocycles. The lowest BCUT2D eigenvalue weighted by Gasteiger charge is -2.12. The van der Waals surface area contributed by atoms with E-state index in [4.69, 9.17) is 0 Å². The van der Waals surface area contributed by atoms with Gasteiger partial charge in [0.05, 0.1) is 0 Å². The van der Waals surface area contributed by atoms with E-state index in [-0.39, 0.29) is 11.6 Å². The van der Waals surface area contributed by atoms with Crippen molar-refractivity contribution >= 4 is 5.96 Å². The number of guanidine groups is 1. The SMILES string of the molecule is CN=C(NCCc1ccc(F)cc1)NCc1ccc(C)c(F)c1. The molecule has 5 heteroatoms. The maximum atomic E-state index is 13.5. The minimum Gasteiger partial charge on any atom is -0.356 e. The summed E-state index contributed by atoms with van der Waals surface area (Å²) in [5.41, 5.74) is 2.54. The lowest BCUT2D eigenvalue weighted by Crippen LogP contribution is -2.37. The van der Waals surface area contributed by atoms with Crippen LogP contribution in [-0.4, -0.2) is 19.6 Å². The molecule has 0 fully saturated rings. The highest BCUT2D eigenvalue weighted by molar-refractivity contribution is 5.79. The number of hydrogen-bond donors (Lipinski definition) is 2. The van der Waals surface area contributed by atoms with Crippen LogP contribution in [0.2, 0.25) is 0 Å². The molecule has 122 valence electrons. The molecule has 0 heterocycles. The molecule has 2 aromatic carbocycles. The van der Waals surface area contributed by atoms with Crippen LogP contribution in [0.15, 0.2) is 47.5 Å². The van der Waals surface area contributed by atoms with Crippen LogP contribution in [0.25, 0.3) is 0 Å². The summed E-state index contributed by atoms with van der Waals surface area (Å²) in [6.07, 6.45) is 0.764. The van der Waals surface area contributed by atoms with Gasteiger partial charge in [-0.2, -0.15) is 0 Å². The van der Waals surface area contributed by atoms with Gasteiger partial charge in [-0.15, -0.1) is 0 Å². The Morgan fingerprint density at radius 3 is 2.35 bits per heavy atom. The first-order valence-electron chi connectivity index (χ1n) is 7.52. The maximum absolute atomic E-state index is 13.5. The van der Waals surface area contributed by atoms with Crippen molar-refractivity contribution in [3.05, 3.63) is 70.8 Å². The third kappa shape index (κ3) is 5.36. The lowest BCUT2D eigenvalue weighted by molar-refractivity contribution is 0.615. The Balaban J connectivity index is 1.79. The number of nitrogens with one attached hydrogen (secondary N) is 2. The molecule has 0 aromatic heterocycles. The van der Waals surface area contributed by atoms with Crippen LogP contribution in [0.1, 0.15) is 16.7 Å². The molecule has 2 N–H and O–H groups in total. The molecule has 3 nitrogen and oxygen atoms in total. The zero-order chi connectivity index (χ0) is 16.7. The second-order valence-electron chi connectivity index (χ2n) is 5.31. The van der Waals surface area contributed by atoms with Crippen molar-refractivity contribution in [1.29, 1.82) is 0 Å². The number of aryl methyl sites for hydroxylation is 1. The molecule has 0 saturated heterocycles. The fraction of sp³-hybridized carbons (Fsp3) is 0.278. The molecule has 0 spiro atoms. The topological polar surface area (TPSA) is 36.4 Å². The first-order valence-corrected chi connectivity index (χ1v) is 7.52. The second kappa shape index (κ2) is 8.27. The van der Waals surface area contributed by atoms with Gasteiger partial charge >= 0.3 is 0 Å². The van der Waals surface area contributed by atoms with Gasteiger partial charge in [-0.25, -0.2) is 8.78 Å². The number of rotatable bonds is 5. The largest absolute Gasteiger partial charge is 0.356 e. The average Bonchev–Trinajstić information content (AvgIpc) is 2.55. The normalized spacial score (nSPS) is 11.4. The average molecular weight is 317 g/mol. The number of hydrogen-bond acceptors (Lipinski definition) is 1. The number of halogens is 2. The van der Waals surface area contributed by atoms with Crippen LogP contribution in [0.3, 0.4) is 0 Å². The summed E-state index contributed by atoms with van der Waals surface area (Å²) in [6, 6.07) is 11.6. The van der Waals surface area contributed by atoms with Gasteiger partial charge in [0.25, 0.3) is 0 Å². The Morgan fingerprint density at radius 1 is 1.00 bits per heavy atom. The Morgan fingerprint density at radius 2 is 1.70 bits per heavy atom. The number of benzene rings is 2. The summed E-state index contributed by atoms with van der Waals surface area (Å²) in [5, 5.41) is 6.32. The molecule has 0 aliphatic carbocycles. The first-order chi connectivity index (χ1) is 11.1. The molecule has 0 radical (unpaired) electrons. The molecule has 0 bridgehead atoms. The molecule has 0 unspecified atom stereocenters. The third-order valence-corrected chi connectivity index (χ3v) is 3.54. The van der Waals surface area contributed by atoms with Crippen LogP contribution in [0.4, 0.5) is 8.78 Å². The molecule has 0 atom stereocenters. The molecule has 2 rings (SSSR count). The van der Waals surface area contributed by atoms with Gasteiger partial charge in [0.1, 0.15) is 11.6 Å². The zero-order valence-corrected chi connectivity index (χ0v) is 13.4. The summed E-state index contributed by atoms with van der Waals surface area (Å²) < 4.78 is 26.3. The second-order valence-corrected chi connectivity index (χ2v) is 5.31. The minimum atomic E-state index is -0.232. The van der Waals surface area contributed by atoms with Crippen LogP contribution < -0.4 is 10.6 Å². The van der Waals surface area contributed by atoms with E-state index in [1.807, 2.05) is 6.07 Å². The van der Waals surface area contributed by atoms with E-state index < -0.39 is 0 Å². The van der Waals surface area contributed by atoms with Gasteiger partial charge in [-0.3, -0.25) is 4.99 Å². The summed E-state index contributed by atoms with van der Waals surface area (Å²) in [5.74, 6) is 0.209. The molecular formula is C18H21F2N3. The Labute approximate surface area is 135 Å². The van der Waals surface area contributed by atoms with E-state index in [1.165, 1.54) is 18.2 Å². The van der Waals surface area contributed by atoms with E-state index in [0.717, 1.165) is 17.5 Å². The molecule has 2 aromatic rings. The lowest BCUT2D eigenvalue weighted by atomic mass is 10.1. The molecule has 0 amide bonds. The van der Waals surface area contributed by atoms with Gasteiger partial charge in [-0.05, 0) is 48.2 Å². The highest BCUT2D eigenvalue weighted by Gasteiger charge is 2.02. The van der Waals surface area contributed by atoms with Gasteiger partial charge in [-0.1, -0.05) is 24.3 Å². The van der Waals surface area contributed by atoms with Crippen LogP contribution in [-0.2, 0) is 13.0 Å². The van der Waals surface area contributed by atoms with Crippen molar-refractivity contribution in [2.24, 2.45) is 4.99 Å². The van der Waals surface area contributed by atoms with Gasteiger partial charge in [0.15, 0.2) is 5.96 Å². The fourth-order valence-corrected chi connectivity index (χ4v) is 2.13. The van der Waals surface area contributed by atoms with Crippen molar-refractivity contribution in [3.63, 3.8) is 0 Å². The summed E-state index contributed by atoms with van der Waals surface area (Å²) in [6.45, 7) is 2.91. The Kier molecular flexibility index (Phi) is 6.09. The molecule has 0 aliphatic heterocycles. The van der Waals surface area contributed by atoms with E-state index in [1.54, 1.807) is 32.2 Å². The van der Waals surface area contributed by atoms with Gasteiger partial charge in [0.2, 0.25) is 0 Å². The number of aliphatic imine (C=N–C) groups is 1. The van der Waals surface area contributed by atoms with Crippen molar-refractivity contribution in [2.75, 3.05) is 13.6 Å². The van der Waals surface area contributed by atoms with Crippen LogP contribution >= 0.6 is 0 Å². The van der Waals surface area contributed by atoms with Crippen molar-refractivity contribution in [3.8, 4) is 0 Å². The predicted molar refractivity (Wildman–Crippen MR) is 89.4 cm³/mol. The van der Waals surface area contributed by atoms with Crippen molar-refractivity contribution < 1.29 is 8.78 Å². The molecule has 23 heavy (non-hydrogen) atoms. The van der Waals surface area contributed by atoms with E-state index in [0.29, 0.717) is 24.6 Å². The zero-order valence-electron chi connectivity index (χ0n) is 13.4. The van der Waals surface area contributed by atoms with E-state index in [2.05, 4.69) is 15.6 Å². The predicted octanol–water partition coefficient (Wildman–Crippen LogP) is 3.18. The fourth-order valence-electron chi connectivity index (χ4n) is 2.13. The number of nitrogens with zero attached hydrogens (tertiary/aromatic N) is 1. The van der Waals surface area contributed by atoms with Gasteiger partial charge < -0.3 is 10.6 Å². The first kappa shape index (κ1) is 16.9. The van der Waals surface area contributed by atoms with E-state index >= 15 is 0 Å². The van der Waals surface area contributed by atoms with Crippen LogP contribution in [0.5, 0.6) is 0 Å². The highest BCUT2D eigenvalue weighted by atomic mass is 19.1. The highest BCUT2D eigenvalue weighted by Crippen LogP contribution is 2.08. The Bertz CT molecular complexity index is 666. The third-order valence-electron chi connectivity index (χ3n) is 3.54. The van der Waals surface area contributed by atoms with E-state index in [9.17, 15) is 8.78 Å². The van der Waals surface area contributed by atoms with Crippen LogP contribution in [0, 0.1) is 18.6 Å². The smallest absolute Gasteiger partial charge is 0.191 e. The summed E-state index contributed by atoms with van der Waals surface area (Å²) in [4.78, 5) is 4.13. The molecular weight excluding hydrogens is 296 g/mol. The van der Waals surface area contributed by atoms with Gasteiger partial charge in [0, 0.05) is 20.1 Å². The Hall–Kier alpha value is -2.43. The minimum absolute atomic E-state index is 0.205. The monoisotopic (exact) mass is 317 g/mol. The summed E-state index contributed by atoms with van der Waals surface area (Å²) >= 11 is 0. The maximum Gasteiger partial charge on any atom is 0.191 e.